The van der Waals surface area contributed by atoms with Crippen molar-refractivity contribution >= 4 is 20.9 Å². The van der Waals surface area contributed by atoms with E-state index in [1.807, 2.05) is 0 Å². The summed E-state index contributed by atoms with van der Waals surface area (Å²) in [6.07, 6.45) is -0.996. The first kappa shape index (κ1) is 24.2. The third-order valence-corrected chi connectivity index (χ3v) is 6.75. The standard InChI is InChI=1S/C22H16F4N6O2S/c1-12-8-15-16(10-27)20(32(19(15)9-17(12)23)21-28-6-3-7-29-21)18-5-4-14(11-30-18)35(33,34)31-13(2)22(24,25)26/h3-9,11,13,31H,1-2H3/t13-/m0/s1. The molecule has 180 valence electrons. The Balaban J connectivity index is 1.90. The summed E-state index contributed by atoms with van der Waals surface area (Å²) >= 11 is 0. The first-order valence-corrected chi connectivity index (χ1v) is 11.5. The molecule has 0 amide bonds. The van der Waals surface area contributed by atoms with Crippen molar-refractivity contribution < 1.29 is 26.0 Å². The van der Waals surface area contributed by atoms with Crippen molar-refractivity contribution in [2.24, 2.45) is 0 Å². The Morgan fingerprint density at radius 2 is 1.83 bits per heavy atom. The van der Waals surface area contributed by atoms with Crippen molar-refractivity contribution in [1.82, 2.24) is 24.2 Å². The van der Waals surface area contributed by atoms with Gasteiger partial charge < -0.3 is 0 Å². The summed E-state index contributed by atoms with van der Waals surface area (Å²) in [6.45, 7) is 2.22. The molecule has 0 aliphatic carbocycles. The predicted octanol–water partition coefficient (Wildman–Crippen LogP) is 4.03. The lowest BCUT2D eigenvalue weighted by molar-refractivity contribution is -0.147. The van der Waals surface area contributed by atoms with Gasteiger partial charge in [-0.1, -0.05) is 0 Å². The van der Waals surface area contributed by atoms with Crippen LogP contribution in [0.3, 0.4) is 0 Å². The SMILES string of the molecule is Cc1cc2c(C#N)c(-c3ccc(S(=O)(=O)N[C@@H](C)C(F)(F)F)cn3)n(-c3ncccn3)c2cc1F. The molecule has 0 spiro atoms. The van der Waals surface area contributed by atoms with Gasteiger partial charge in [0.1, 0.15) is 22.8 Å². The Kier molecular flexibility index (Phi) is 6.04. The van der Waals surface area contributed by atoms with E-state index in [-0.39, 0.29) is 28.4 Å². The van der Waals surface area contributed by atoms with Crippen LogP contribution in [0.25, 0.3) is 28.2 Å². The smallest absolute Gasteiger partial charge is 0.275 e. The largest absolute Gasteiger partial charge is 0.404 e. The summed E-state index contributed by atoms with van der Waals surface area (Å²) in [6, 6.07) is 6.35. The minimum absolute atomic E-state index is 0.103. The van der Waals surface area contributed by atoms with Gasteiger partial charge in [0.15, 0.2) is 0 Å². The summed E-state index contributed by atoms with van der Waals surface area (Å²) in [5.74, 6) is -0.418. The van der Waals surface area contributed by atoms with Crippen LogP contribution in [-0.4, -0.2) is 40.2 Å². The Morgan fingerprint density at radius 3 is 2.40 bits per heavy atom. The second-order valence-electron chi connectivity index (χ2n) is 7.60. The Morgan fingerprint density at radius 1 is 1.14 bits per heavy atom. The van der Waals surface area contributed by atoms with Crippen LogP contribution in [0.2, 0.25) is 0 Å². The van der Waals surface area contributed by atoms with E-state index in [0.29, 0.717) is 17.9 Å². The molecule has 0 bridgehead atoms. The van der Waals surface area contributed by atoms with E-state index in [0.717, 1.165) is 12.3 Å². The molecule has 13 heteroatoms. The number of pyridine rings is 1. The number of nitrogens with zero attached hydrogens (tertiary/aromatic N) is 5. The maximum Gasteiger partial charge on any atom is 0.404 e. The molecule has 0 aliphatic rings. The van der Waals surface area contributed by atoms with Crippen LogP contribution in [0.4, 0.5) is 17.6 Å². The van der Waals surface area contributed by atoms with Gasteiger partial charge in [-0.25, -0.2) is 22.8 Å². The van der Waals surface area contributed by atoms with E-state index < -0.39 is 33.0 Å². The molecule has 1 atom stereocenters. The maximum absolute atomic E-state index is 14.5. The number of hydrogen-bond acceptors (Lipinski definition) is 6. The van der Waals surface area contributed by atoms with Crippen LogP contribution in [0.5, 0.6) is 0 Å². The Labute approximate surface area is 196 Å². The van der Waals surface area contributed by atoms with Crippen molar-refractivity contribution in [3.63, 3.8) is 0 Å². The highest BCUT2D eigenvalue weighted by atomic mass is 32.2. The number of fused-ring (bicyclic) bond motifs is 1. The molecule has 0 aliphatic heterocycles. The molecule has 8 nitrogen and oxygen atoms in total. The highest BCUT2D eigenvalue weighted by Crippen LogP contribution is 2.36. The number of benzene rings is 1. The van der Waals surface area contributed by atoms with E-state index in [2.05, 4.69) is 21.0 Å². The molecule has 35 heavy (non-hydrogen) atoms. The number of aromatic nitrogens is 4. The second kappa shape index (κ2) is 8.71. The zero-order valence-electron chi connectivity index (χ0n) is 18.2. The average molecular weight is 504 g/mol. The number of rotatable bonds is 5. The predicted molar refractivity (Wildman–Crippen MR) is 117 cm³/mol. The van der Waals surface area contributed by atoms with Crippen LogP contribution in [-0.2, 0) is 10.0 Å². The molecule has 0 unspecified atom stereocenters. The second-order valence-corrected chi connectivity index (χ2v) is 9.32. The van der Waals surface area contributed by atoms with Crippen LogP contribution >= 0.6 is 0 Å². The lowest BCUT2D eigenvalue weighted by atomic mass is 10.1. The molecule has 1 N–H and O–H groups in total. The summed E-state index contributed by atoms with van der Waals surface area (Å²) in [4.78, 5) is 11.9. The van der Waals surface area contributed by atoms with Gasteiger partial charge in [0, 0.05) is 24.0 Å². The van der Waals surface area contributed by atoms with Crippen molar-refractivity contribution in [2.75, 3.05) is 0 Å². The molecule has 1 aromatic carbocycles. The van der Waals surface area contributed by atoms with Gasteiger partial charge >= 0.3 is 6.18 Å². The summed E-state index contributed by atoms with van der Waals surface area (Å²) in [7, 11) is -4.53. The topological polar surface area (TPSA) is 114 Å². The van der Waals surface area contributed by atoms with Gasteiger partial charge in [0.05, 0.1) is 22.5 Å². The number of alkyl halides is 3. The quantitative estimate of drug-likeness (QED) is 0.411. The number of aryl methyl sites for hydroxylation is 1. The molecule has 0 fully saturated rings. The fourth-order valence-electron chi connectivity index (χ4n) is 3.43. The lowest BCUT2D eigenvalue weighted by Gasteiger charge is -2.17. The molecule has 3 aromatic heterocycles. The molecular formula is C22H16F4N6O2S. The number of hydrogen-bond donors (Lipinski definition) is 1. The first-order chi connectivity index (χ1) is 16.4. The molecule has 4 rings (SSSR count). The number of sulfonamides is 1. The fourth-order valence-corrected chi connectivity index (χ4v) is 4.61. The molecule has 4 aromatic rings. The minimum atomic E-state index is -4.77. The van der Waals surface area contributed by atoms with E-state index in [1.54, 1.807) is 17.7 Å². The number of nitrogens with one attached hydrogen (secondary N) is 1. The highest BCUT2D eigenvalue weighted by Gasteiger charge is 2.39. The van der Waals surface area contributed by atoms with E-state index in [4.69, 9.17) is 0 Å². The maximum atomic E-state index is 14.5. The third kappa shape index (κ3) is 4.45. The lowest BCUT2D eigenvalue weighted by Crippen LogP contribution is -2.42. The molecule has 3 heterocycles. The van der Waals surface area contributed by atoms with Crippen LogP contribution in [0.15, 0.2) is 53.8 Å². The minimum Gasteiger partial charge on any atom is -0.275 e. The zero-order chi connectivity index (χ0) is 25.5. The van der Waals surface area contributed by atoms with Crippen molar-refractivity contribution in [2.45, 2.75) is 31.0 Å². The van der Waals surface area contributed by atoms with Gasteiger partial charge in [-0.3, -0.25) is 9.55 Å². The molecule has 0 radical (unpaired) electrons. The molecule has 0 saturated carbocycles. The van der Waals surface area contributed by atoms with Crippen LogP contribution < -0.4 is 4.72 Å². The summed E-state index contributed by atoms with van der Waals surface area (Å²) < 4.78 is 80.7. The van der Waals surface area contributed by atoms with Crippen molar-refractivity contribution in [1.29, 1.82) is 5.26 Å². The van der Waals surface area contributed by atoms with E-state index >= 15 is 0 Å². The van der Waals surface area contributed by atoms with E-state index in [1.165, 1.54) is 35.2 Å². The number of nitriles is 1. The fraction of sp³-hybridized carbons (Fsp3) is 0.182. The Bertz CT molecular complexity index is 1560. The molecular weight excluding hydrogens is 488 g/mol. The molecule has 0 saturated heterocycles. The van der Waals surface area contributed by atoms with Crippen molar-refractivity contribution in [3.8, 4) is 23.4 Å². The third-order valence-electron chi connectivity index (χ3n) is 5.22. The summed E-state index contributed by atoms with van der Waals surface area (Å²) in [5, 5.41) is 10.3. The number of halogens is 4. The van der Waals surface area contributed by atoms with Crippen molar-refractivity contribution in [3.05, 3.63) is 65.9 Å². The highest BCUT2D eigenvalue weighted by molar-refractivity contribution is 7.89. The van der Waals surface area contributed by atoms with Gasteiger partial charge in [0.25, 0.3) is 0 Å². The van der Waals surface area contributed by atoms with Gasteiger partial charge in [-0.05, 0) is 49.7 Å². The van der Waals surface area contributed by atoms with Gasteiger partial charge in [0.2, 0.25) is 16.0 Å². The van der Waals surface area contributed by atoms with Crippen LogP contribution in [0, 0.1) is 24.1 Å². The summed E-state index contributed by atoms with van der Waals surface area (Å²) in [5.41, 5.74) is 0.962. The van der Waals surface area contributed by atoms with Crippen LogP contribution in [0.1, 0.15) is 18.1 Å². The monoisotopic (exact) mass is 504 g/mol. The zero-order valence-corrected chi connectivity index (χ0v) is 19.0. The van der Waals surface area contributed by atoms with Gasteiger partial charge in [-0.15, -0.1) is 0 Å². The van der Waals surface area contributed by atoms with E-state index in [9.17, 15) is 31.2 Å². The van der Waals surface area contributed by atoms with Gasteiger partial charge in [-0.2, -0.15) is 23.2 Å². The normalized spacial score (nSPS) is 13.1. The average Bonchev–Trinajstić information content (AvgIpc) is 3.12. The Hall–Kier alpha value is -3.89. The first-order valence-electron chi connectivity index (χ1n) is 10.0.